The molecule has 0 fully saturated rings. The van der Waals surface area contributed by atoms with E-state index in [4.69, 9.17) is 19.4 Å². The molecule has 0 saturated carbocycles. The SMILES string of the molecule is c1ccc(-c2ccc3ccc4ccc(-c5cccc(-c6ccc7oc8ccc9c(-c%10ccccc%10)nc%10ccccc%10c9c8c7c6)c5)nc4c3n2)cc1. The molecular formula is C49H29N3O. The molecule has 0 N–H and O–H groups in total. The summed E-state index contributed by atoms with van der Waals surface area (Å²) in [6.45, 7) is 0. The number of rotatable bonds is 4. The van der Waals surface area contributed by atoms with E-state index < -0.39 is 0 Å². The Bertz CT molecular complexity index is 3220. The summed E-state index contributed by atoms with van der Waals surface area (Å²) >= 11 is 0. The number of furan rings is 1. The van der Waals surface area contributed by atoms with Crippen molar-refractivity contribution in [2.45, 2.75) is 0 Å². The Labute approximate surface area is 304 Å². The van der Waals surface area contributed by atoms with E-state index in [9.17, 15) is 0 Å². The van der Waals surface area contributed by atoms with Crippen molar-refractivity contribution in [1.29, 1.82) is 0 Å². The molecule has 0 aliphatic rings. The van der Waals surface area contributed by atoms with Crippen LogP contribution < -0.4 is 0 Å². The second-order valence-corrected chi connectivity index (χ2v) is 13.6. The number of pyridine rings is 3. The number of para-hydroxylation sites is 1. The molecule has 246 valence electrons. The lowest BCUT2D eigenvalue weighted by molar-refractivity contribution is 0.669. The molecule has 4 heteroatoms. The number of benzene rings is 7. The zero-order valence-corrected chi connectivity index (χ0v) is 28.5. The van der Waals surface area contributed by atoms with Crippen molar-refractivity contribution >= 4 is 65.4 Å². The molecular weight excluding hydrogens is 647 g/mol. The third-order valence-corrected chi connectivity index (χ3v) is 10.4. The predicted molar refractivity (Wildman–Crippen MR) is 219 cm³/mol. The Kier molecular flexibility index (Phi) is 6.52. The van der Waals surface area contributed by atoms with Crippen molar-refractivity contribution in [2.24, 2.45) is 0 Å². The van der Waals surface area contributed by atoms with Crippen LogP contribution in [-0.2, 0) is 0 Å². The Morgan fingerprint density at radius 1 is 0.340 bits per heavy atom. The lowest BCUT2D eigenvalue weighted by Gasteiger charge is -2.11. The molecule has 4 nitrogen and oxygen atoms in total. The molecule has 0 bridgehead atoms. The molecule has 11 rings (SSSR count). The quantitative estimate of drug-likeness (QED) is 0.174. The van der Waals surface area contributed by atoms with Gasteiger partial charge in [0.1, 0.15) is 11.2 Å². The van der Waals surface area contributed by atoms with Crippen LogP contribution in [0.3, 0.4) is 0 Å². The van der Waals surface area contributed by atoms with Crippen molar-refractivity contribution in [3.05, 3.63) is 176 Å². The number of hydrogen-bond donors (Lipinski definition) is 0. The molecule has 4 heterocycles. The first-order valence-corrected chi connectivity index (χ1v) is 17.9. The minimum absolute atomic E-state index is 0.861. The normalized spacial score (nSPS) is 11.8. The van der Waals surface area contributed by atoms with Gasteiger partial charge in [-0.25, -0.2) is 15.0 Å². The van der Waals surface area contributed by atoms with Gasteiger partial charge in [0.05, 0.1) is 33.6 Å². The molecule has 0 saturated heterocycles. The van der Waals surface area contributed by atoms with Gasteiger partial charge >= 0.3 is 0 Å². The van der Waals surface area contributed by atoms with Crippen molar-refractivity contribution in [3.8, 4) is 44.9 Å². The number of fused-ring (bicyclic) bond motifs is 10. The first-order chi connectivity index (χ1) is 26.2. The maximum Gasteiger partial charge on any atom is 0.136 e. The second-order valence-electron chi connectivity index (χ2n) is 13.6. The standard InChI is InChI=1S/C49H29N3O/c1-3-10-30(11-4-1)40-24-20-32-18-19-33-21-25-41(51-49(33)48(32)50-40)36-15-9-14-34(28-36)35-22-26-43-39(29-35)46-44(53-43)27-23-38-45(46)37-16-7-8-17-42(37)52-47(38)31-12-5-2-6-13-31/h1-29H. The highest BCUT2D eigenvalue weighted by atomic mass is 16.3. The van der Waals surface area contributed by atoms with Gasteiger partial charge in [-0.3, -0.25) is 0 Å². The predicted octanol–water partition coefficient (Wildman–Crippen LogP) is 13.1. The van der Waals surface area contributed by atoms with Gasteiger partial charge in [-0.05, 0) is 59.7 Å². The van der Waals surface area contributed by atoms with Gasteiger partial charge in [0.15, 0.2) is 0 Å². The maximum absolute atomic E-state index is 6.52. The summed E-state index contributed by atoms with van der Waals surface area (Å²) in [7, 11) is 0. The van der Waals surface area contributed by atoms with Crippen LogP contribution in [0.25, 0.3) is 110 Å². The molecule has 0 spiro atoms. The van der Waals surface area contributed by atoms with Gasteiger partial charge in [-0.1, -0.05) is 127 Å². The van der Waals surface area contributed by atoms with Crippen molar-refractivity contribution in [2.75, 3.05) is 0 Å². The smallest absolute Gasteiger partial charge is 0.136 e. The van der Waals surface area contributed by atoms with Crippen LogP contribution in [-0.4, -0.2) is 15.0 Å². The summed E-state index contributed by atoms with van der Waals surface area (Å²) in [4.78, 5) is 15.5. The molecule has 4 aromatic heterocycles. The van der Waals surface area contributed by atoms with Crippen molar-refractivity contribution < 1.29 is 4.42 Å². The fraction of sp³-hybridized carbons (Fsp3) is 0. The minimum atomic E-state index is 0.861. The number of hydrogen-bond acceptors (Lipinski definition) is 4. The first-order valence-electron chi connectivity index (χ1n) is 17.9. The van der Waals surface area contributed by atoms with Gasteiger partial charge in [-0.2, -0.15) is 0 Å². The van der Waals surface area contributed by atoms with Crippen LogP contribution >= 0.6 is 0 Å². The van der Waals surface area contributed by atoms with Gasteiger partial charge in [0.25, 0.3) is 0 Å². The molecule has 0 aliphatic carbocycles. The van der Waals surface area contributed by atoms with Gasteiger partial charge in [0.2, 0.25) is 0 Å². The number of nitrogens with zero attached hydrogens (tertiary/aromatic N) is 3. The third-order valence-electron chi connectivity index (χ3n) is 10.4. The Morgan fingerprint density at radius 3 is 1.72 bits per heavy atom. The topological polar surface area (TPSA) is 51.8 Å². The van der Waals surface area contributed by atoms with Crippen LogP contribution in [0, 0.1) is 0 Å². The lowest BCUT2D eigenvalue weighted by Crippen LogP contribution is -1.91. The Morgan fingerprint density at radius 2 is 0.943 bits per heavy atom. The van der Waals surface area contributed by atoms with Crippen molar-refractivity contribution in [1.82, 2.24) is 15.0 Å². The van der Waals surface area contributed by atoms with E-state index in [1.807, 2.05) is 24.3 Å². The lowest BCUT2D eigenvalue weighted by atomic mass is 9.95. The van der Waals surface area contributed by atoms with E-state index in [0.29, 0.717) is 0 Å². The largest absolute Gasteiger partial charge is 0.456 e. The van der Waals surface area contributed by atoms with E-state index in [0.717, 1.165) is 110 Å². The molecule has 7 aromatic carbocycles. The van der Waals surface area contributed by atoms with E-state index in [1.165, 1.54) is 0 Å². The summed E-state index contributed by atoms with van der Waals surface area (Å²) in [5.41, 5.74) is 12.8. The summed E-state index contributed by atoms with van der Waals surface area (Å²) in [5, 5.41) is 7.71. The fourth-order valence-corrected chi connectivity index (χ4v) is 7.86. The van der Waals surface area contributed by atoms with Gasteiger partial charge in [0, 0.05) is 54.4 Å². The van der Waals surface area contributed by atoms with Gasteiger partial charge in [-0.15, -0.1) is 0 Å². The van der Waals surface area contributed by atoms with E-state index in [-0.39, 0.29) is 0 Å². The zero-order valence-electron chi connectivity index (χ0n) is 28.5. The van der Waals surface area contributed by atoms with Crippen LogP contribution in [0.5, 0.6) is 0 Å². The summed E-state index contributed by atoms with van der Waals surface area (Å²) in [5.74, 6) is 0. The fourth-order valence-electron chi connectivity index (χ4n) is 7.86. The van der Waals surface area contributed by atoms with Crippen LogP contribution in [0.15, 0.2) is 180 Å². The highest BCUT2D eigenvalue weighted by molar-refractivity contribution is 6.28. The highest BCUT2D eigenvalue weighted by Gasteiger charge is 2.18. The minimum Gasteiger partial charge on any atom is -0.456 e. The van der Waals surface area contributed by atoms with E-state index in [2.05, 4.69) is 152 Å². The average Bonchev–Trinajstić information content (AvgIpc) is 3.62. The molecule has 11 aromatic rings. The molecule has 0 aliphatic heterocycles. The second kappa shape index (κ2) is 11.7. The van der Waals surface area contributed by atoms with Crippen molar-refractivity contribution in [3.63, 3.8) is 0 Å². The van der Waals surface area contributed by atoms with E-state index in [1.54, 1.807) is 0 Å². The van der Waals surface area contributed by atoms with E-state index >= 15 is 0 Å². The highest BCUT2D eigenvalue weighted by Crippen LogP contribution is 2.42. The summed E-state index contributed by atoms with van der Waals surface area (Å²) in [6, 6.07) is 61.3. The molecule has 53 heavy (non-hydrogen) atoms. The summed E-state index contributed by atoms with van der Waals surface area (Å²) < 4.78 is 6.52. The molecule has 0 radical (unpaired) electrons. The van der Waals surface area contributed by atoms with Crippen LogP contribution in [0.2, 0.25) is 0 Å². The first kappa shape index (κ1) is 29.5. The van der Waals surface area contributed by atoms with Crippen LogP contribution in [0.1, 0.15) is 0 Å². The summed E-state index contributed by atoms with van der Waals surface area (Å²) in [6.07, 6.45) is 0. The monoisotopic (exact) mass is 675 g/mol. The average molecular weight is 676 g/mol. The Hall–Kier alpha value is -7.17. The molecule has 0 amide bonds. The maximum atomic E-state index is 6.52. The Balaban J connectivity index is 1.07. The third kappa shape index (κ3) is 4.80. The molecule has 0 unspecified atom stereocenters. The van der Waals surface area contributed by atoms with Crippen LogP contribution in [0.4, 0.5) is 0 Å². The molecule has 0 atom stereocenters. The van der Waals surface area contributed by atoms with Gasteiger partial charge < -0.3 is 4.42 Å². The number of aromatic nitrogens is 3. The zero-order chi connectivity index (χ0) is 34.9.